The summed E-state index contributed by atoms with van der Waals surface area (Å²) >= 11 is 0. The van der Waals surface area contributed by atoms with E-state index in [4.69, 9.17) is 0 Å². The van der Waals surface area contributed by atoms with Gasteiger partial charge in [-0.1, -0.05) is 0 Å². The van der Waals surface area contributed by atoms with E-state index < -0.39 is 37.6 Å². The molecule has 1 aliphatic rings. The summed E-state index contributed by atoms with van der Waals surface area (Å²) in [5.74, 6) is -3.28. The van der Waals surface area contributed by atoms with Gasteiger partial charge in [-0.25, -0.2) is 17.2 Å². The number of halogens is 2. The van der Waals surface area contributed by atoms with Crippen molar-refractivity contribution in [2.24, 2.45) is 5.92 Å². The number of benzene rings is 1. The average molecular weight is 290 g/mol. The van der Waals surface area contributed by atoms with Gasteiger partial charge in [-0.15, -0.1) is 0 Å². The predicted molar refractivity (Wildman–Crippen MR) is 62.1 cm³/mol. The van der Waals surface area contributed by atoms with Gasteiger partial charge in [-0.05, 0) is 37.0 Å². The van der Waals surface area contributed by atoms with Gasteiger partial charge in [-0.2, -0.15) is 0 Å². The standard InChI is InChI=1S/C12H12F2O4S/c1-18-12(15)11(7-2-3-7)19(16,17)10-6-8(13)4-5-9(10)14/h4-7,11H,2-3H2,1H3. The minimum atomic E-state index is -4.29. The first-order chi connectivity index (χ1) is 8.87. The van der Waals surface area contributed by atoms with E-state index in [1.165, 1.54) is 0 Å². The summed E-state index contributed by atoms with van der Waals surface area (Å²) in [5.41, 5.74) is 0. The lowest BCUT2D eigenvalue weighted by molar-refractivity contribution is -0.140. The molecule has 19 heavy (non-hydrogen) atoms. The Morgan fingerprint density at radius 1 is 1.37 bits per heavy atom. The molecule has 0 bridgehead atoms. The summed E-state index contributed by atoms with van der Waals surface area (Å²) in [6, 6.07) is 2.13. The molecule has 0 radical (unpaired) electrons. The molecule has 1 atom stereocenters. The van der Waals surface area contributed by atoms with Gasteiger partial charge in [0.05, 0.1) is 7.11 Å². The Labute approximate surface area is 109 Å². The molecule has 1 unspecified atom stereocenters. The summed E-state index contributed by atoms with van der Waals surface area (Å²) in [7, 11) is -3.23. The van der Waals surface area contributed by atoms with Gasteiger partial charge in [0, 0.05) is 0 Å². The molecular weight excluding hydrogens is 278 g/mol. The Morgan fingerprint density at radius 3 is 2.53 bits per heavy atom. The highest BCUT2D eigenvalue weighted by atomic mass is 32.2. The van der Waals surface area contributed by atoms with E-state index in [9.17, 15) is 22.0 Å². The Hall–Kier alpha value is -1.50. The van der Waals surface area contributed by atoms with Gasteiger partial charge in [0.1, 0.15) is 16.5 Å². The third-order valence-corrected chi connectivity index (χ3v) is 5.19. The number of methoxy groups -OCH3 is 1. The second-order valence-electron chi connectivity index (χ2n) is 4.40. The summed E-state index contributed by atoms with van der Waals surface area (Å²) in [5, 5.41) is -1.46. The smallest absolute Gasteiger partial charge is 0.324 e. The summed E-state index contributed by atoms with van der Waals surface area (Å²) in [4.78, 5) is 10.8. The molecule has 0 aromatic heterocycles. The number of esters is 1. The van der Waals surface area contributed by atoms with Crippen LogP contribution in [0.5, 0.6) is 0 Å². The van der Waals surface area contributed by atoms with Crippen molar-refractivity contribution >= 4 is 15.8 Å². The Kier molecular flexibility index (Phi) is 3.58. The van der Waals surface area contributed by atoms with Crippen LogP contribution in [0.4, 0.5) is 8.78 Å². The lowest BCUT2D eigenvalue weighted by Gasteiger charge is -2.15. The number of carbonyl (C=O) groups is 1. The highest BCUT2D eigenvalue weighted by Crippen LogP contribution is 2.39. The maximum Gasteiger partial charge on any atom is 0.324 e. The lowest BCUT2D eigenvalue weighted by atomic mass is 10.3. The van der Waals surface area contributed by atoms with Crippen molar-refractivity contribution in [3.8, 4) is 0 Å². The van der Waals surface area contributed by atoms with Gasteiger partial charge >= 0.3 is 5.97 Å². The molecule has 7 heteroatoms. The molecule has 0 N–H and O–H groups in total. The predicted octanol–water partition coefficient (Wildman–Crippen LogP) is 1.69. The summed E-state index contributed by atoms with van der Waals surface area (Å²) in [6.07, 6.45) is 1.10. The third-order valence-electron chi connectivity index (χ3n) is 3.02. The first kappa shape index (κ1) is 13.9. The first-order valence-electron chi connectivity index (χ1n) is 5.64. The minimum Gasteiger partial charge on any atom is -0.468 e. The zero-order valence-electron chi connectivity index (χ0n) is 10.1. The highest BCUT2D eigenvalue weighted by molar-refractivity contribution is 7.92. The van der Waals surface area contributed by atoms with E-state index in [1.54, 1.807) is 0 Å². The maximum atomic E-state index is 13.6. The number of hydrogen-bond acceptors (Lipinski definition) is 4. The van der Waals surface area contributed by atoms with Gasteiger partial charge < -0.3 is 4.74 Å². The molecule has 0 saturated heterocycles. The molecule has 104 valence electrons. The van der Waals surface area contributed by atoms with E-state index >= 15 is 0 Å². The SMILES string of the molecule is COC(=O)C(C1CC1)S(=O)(=O)c1cc(F)ccc1F. The molecule has 0 heterocycles. The Balaban J connectivity index is 2.50. The monoisotopic (exact) mass is 290 g/mol. The average Bonchev–Trinajstić information content (AvgIpc) is 3.16. The van der Waals surface area contributed by atoms with Gasteiger partial charge in [0.25, 0.3) is 0 Å². The van der Waals surface area contributed by atoms with Crippen molar-refractivity contribution in [3.05, 3.63) is 29.8 Å². The van der Waals surface area contributed by atoms with Gasteiger partial charge in [0.2, 0.25) is 0 Å². The van der Waals surface area contributed by atoms with E-state index in [0.29, 0.717) is 18.9 Å². The van der Waals surface area contributed by atoms with Crippen LogP contribution in [0.3, 0.4) is 0 Å². The second kappa shape index (κ2) is 4.88. The molecule has 0 aliphatic heterocycles. The fourth-order valence-electron chi connectivity index (χ4n) is 1.92. The van der Waals surface area contributed by atoms with Crippen LogP contribution in [0.1, 0.15) is 12.8 Å². The lowest BCUT2D eigenvalue weighted by Crippen LogP contribution is -2.34. The fourth-order valence-corrected chi connectivity index (χ4v) is 3.94. The van der Waals surface area contributed by atoms with Crippen LogP contribution in [-0.2, 0) is 19.4 Å². The molecule has 1 aromatic carbocycles. The van der Waals surface area contributed by atoms with Crippen molar-refractivity contribution < 1.29 is 26.7 Å². The van der Waals surface area contributed by atoms with Crippen molar-refractivity contribution in [1.29, 1.82) is 0 Å². The van der Waals surface area contributed by atoms with Crippen LogP contribution < -0.4 is 0 Å². The van der Waals surface area contributed by atoms with Crippen molar-refractivity contribution in [2.75, 3.05) is 7.11 Å². The van der Waals surface area contributed by atoms with Gasteiger partial charge in [-0.3, -0.25) is 4.79 Å². The first-order valence-corrected chi connectivity index (χ1v) is 7.19. The molecule has 1 fully saturated rings. The molecule has 4 nitrogen and oxygen atoms in total. The third kappa shape index (κ3) is 2.60. The second-order valence-corrected chi connectivity index (χ2v) is 6.44. The van der Waals surface area contributed by atoms with Crippen LogP contribution in [0.15, 0.2) is 23.1 Å². The van der Waals surface area contributed by atoms with E-state index in [-0.39, 0.29) is 5.92 Å². The molecule has 1 saturated carbocycles. The normalized spacial score (nSPS) is 17.0. The quantitative estimate of drug-likeness (QED) is 0.792. The van der Waals surface area contributed by atoms with Crippen LogP contribution in [0.2, 0.25) is 0 Å². The van der Waals surface area contributed by atoms with Crippen molar-refractivity contribution in [2.45, 2.75) is 23.0 Å². The molecule has 1 aromatic rings. The summed E-state index contributed by atoms with van der Waals surface area (Å²) < 4.78 is 55.7. The largest absolute Gasteiger partial charge is 0.468 e. The number of rotatable bonds is 4. The number of hydrogen-bond donors (Lipinski definition) is 0. The summed E-state index contributed by atoms with van der Waals surface area (Å²) in [6.45, 7) is 0. The highest BCUT2D eigenvalue weighted by Gasteiger charge is 2.47. The molecular formula is C12H12F2O4S. The van der Waals surface area contributed by atoms with Crippen molar-refractivity contribution in [3.63, 3.8) is 0 Å². The van der Waals surface area contributed by atoms with E-state index in [1.807, 2.05) is 0 Å². The molecule has 1 aliphatic carbocycles. The number of sulfone groups is 1. The number of ether oxygens (including phenoxy) is 1. The molecule has 0 amide bonds. The van der Waals surface area contributed by atoms with E-state index in [0.717, 1.165) is 19.2 Å². The topological polar surface area (TPSA) is 60.4 Å². The van der Waals surface area contributed by atoms with E-state index in [2.05, 4.69) is 4.74 Å². The van der Waals surface area contributed by atoms with Crippen LogP contribution in [0.25, 0.3) is 0 Å². The minimum absolute atomic E-state index is 0.389. The van der Waals surface area contributed by atoms with Crippen molar-refractivity contribution in [1.82, 2.24) is 0 Å². The zero-order chi connectivity index (χ0) is 14.2. The Bertz CT molecular complexity index is 608. The molecule has 2 rings (SSSR count). The Morgan fingerprint density at radius 2 is 2.00 bits per heavy atom. The zero-order valence-corrected chi connectivity index (χ0v) is 10.9. The van der Waals surface area contributed by atoms with Gasteiger partial charge in [0.15, 0.2) is 15.1 Å². The maximum absolute atomic E-state index is 13.6. The fraction of sp³-hybridized carbons (Fsp3) is 0.417. The van der Waals surface area contributed by atoms with Crippen LogP contribution in [0, 0.1) is 17.6 Å². The number of carbonyl (C=O) groups excluding carboxylic acids is 1. The molecule has 0 spiro atoms. The van der Waals surface area contributed by atoms with Crippen LogP contribution in [-0.4, -0.2) is 26.7 Å². The van der Waals surface area contributed by atoms with Crippen LogP contribution >= 0.6 is 0 Å².